The summed E-state index contributed by atoms with van der Waals surface area (Å²) in [6, 6.07) is 0. The van der Waals surface area contributed by atoms with Crippen LogP contribution in [0.1, 0.15) is 252 Å². The summed E-state index contributed by atoms with van der Waals surface area (Å²) in [7, 11) is -9.83. The van der Waals surface area contributed by atoms with Gasteiger partial charge in [-0.25, -0.2) is 9.13 Å². The summed E-state index contributed by atoms with van der Waals surface area (Å²) in [5.74, 6) is -1.71. The van der Waals surface area contributed by atoms with Crippen molar-refractivity contribution in [3.63, 3.8) is 0 Å². The Morgan fingerprint density at radius 2 is 0.567 bits per heavy atom. The molecule has 0 saturated carbocycles. The molecule has 0 radical (unpaired) electrons. The van der Waals surface area contributed by atoms with Crippen LogP contribution < -0.4 is 0 Å². The molecule has 0 aliphatic rings. The van der Waals surface area contributed by atoms with Crippen molar-refractivity contribution in [1.82, 2.24) is 0 Å². The molecule has 0 rings (SSSR count). The molecule has 0 aromatic rings. The van der Waals surface area contributed by atoms with Gasteiger partial charge in [0.1, 0.15) is 25.4 Å². The van der Waals surface area contributed by atoms with E-state index in [2.05, 4.69) is 173 Å². The molecular formula is C79H128O16P2. The van der Waals surface area contributed by atoms with E-state index < -0.39 is 91.5 Å². The SMILES string of the molecule is CC/C=C\C/C=C\C/C=C\C/C=C\C/C=C\C/C=C\CCC(=O)OCC(COP(=O)(O)OCC(O)COP(=O)(O)OCC(O)COC(=O)CCCCCCCCC/C=C\C/C=C\C/C=C\C/C=C\C/C=C\CC)OC(=O)CCCCCCCC/C=C\C/C=C\C/C=C\CCCCC. The van der Waals surface area contributed by atoms with Crippen molar-refractivity contribution in [3.05, 3.63) is 170 Å². The minimum absolute atomic E-state index is 0.0356. The number of ether oxygens (including phenoxy) is 3. The van der Waals surface area contributed by atoms with Crippen LogP contribution in [-0.2, 0) is 55.8 Å². The lowest BCUT2D eigenvalue weighted by Crippen LogP contribution is -2.30. The average molecular weight is 1400 g/mol. The Morgan fingerprint density at radius 3 is 0.928 bits per heavy atom. The van der Waals surface area contributed by atoms with Crippen molar-refractivity contribution in [1.29, 1.82) is 0 Å². The molecule has 18 heteroatoms. The molecule has 0 aliphatic heterocycles. The Labute approximate surface area is 586 Å². The number of phosphoric ester groups is 2. The minimum Gasteiger partial charge on any atom is -0.463 e. The number of hydrogen-bond donors (Lipinski definition) is 4. The van der Waals surface area contributed by atoms with E-state index in [0.717, 1.165) is 167 Å². The van der Waals surface area contributed by atoms with Crippen molar-refractivity contribution in [2.24, 2.45) is 0 Å². The second-order valence-electron chi connectivity index (χ2n) is 23.6. The molecule has 16 nitrogen and oxygen atoms in total. The molecule has 0 heterocycles. The zero-order valence-electron chi connectivity index (χ0n) is 59.7. The topological polar surface area (TPSA) is 231 Å². The summed E-state index contributed by atoms with van der Waals surface area (Å²) >= 11 is 0. The molecule has 0 aromatic carbocycles. The van der Waals surface area contributed by atoms with Gasteiger partial charge < -0.3 is 34.2 Å². The summed E-state index contributed by atoms with van der Waals surface area (Å²) < 4.78 is 60.9. The van der Waals surface area contributed by atoms with Gasteiger partial charge >= 0.3 is 33.6 Å². The summed E-state index contributed by atoms with van der Waals surface area (Å²) in [5, 5.41) is 20.6. The maximum absolute atomic E-state index is 13.0. The van der Waals surface area contributed by atoms with Gasteiger partial charge in [-0.2, -0.15) is 0 Å². The highest BCUT2D eigenvalue weighted by Gasteiger charge is 2.29. The number of hydrogen-bond acceptors (Lipinski definition) is 14. The second-order valence-corrected chi connectivity index (χ2v) is 26.5. The highest BCUT2D eigenvalue weighted by molar-refractivity contribution is 7.47. The average Bonchev–Trinajstić information content (AvgIpc) is 1.62. The highest BCUT2D eigenvalue weighted by atomic mass is 31.2. The number of esters is 3. The Bertz CT molecular complexity index is 2440. The smallest absolute Gasteiger partial charge is 0.463 e. The summed E-state index contributed by atoms with van der Waals surface area (Å²) in [4.78, 5) is 58.5. The van der Waals surface area contributed by atoms with E-state index in [0.29, 0.717) is 25.7 Å². The molecule has 0 amide bonds. The maximum Gasteiger partial charge on any atom is 0.472 e. The van der Waals surface area contributed by atoms with Crippen molar-refractivity contribution in [3.8, 4) is 0 Å². The minimum atomic E-state index is -4.96. The lowest BCUT2D eigenvalue weighted by molar-refractivity contribution is -0.161. The van der Waals surface area contributed by atoms with Gasteiger partial charge in [-0.1, -0.05) is 262 Å². The lowest BCUT2D eigenvalue weighted by Gasteiger charge is -2.21. The maximum atomic E-state index is 13.0. The van der Waals surface area contributed by atoms with Crippen LogP contribution >= 0.6 is 15.6 Å². The van der Waals surface area contributed by atoms with Crippen LogP contribution in [0.4, 0.5) is 0 Å². The Balaban J connectivity index is 4.77. The molecule has 550 valence electrons. The number of aliphatic hydroxyl groups is 2. The fraction of sp³-hybridized carbons (Fsp3) is 0.608. The van der Waals surface area contributed by atoms with E-state index in [9.17, 15) is 43.5 Å². The van der Waals surface area contributed by atoms with Gasteiger partial charge in [-0.15, -0.1) is 0 Å². The van der Waals surface area contributed by atoms with Crippen LogP contribution in [0.5, 0.6) is 0 Å². The van der Waals surface area contributed by atoms with Crippen LogP contribution in [0, 0.1) is 0 Å². The van der Waals surface area contributed by atoms with Crippen LogP contribution in [0.3, 0.4) is 0 Å². The fourth-order valence-corrected chi connectivity index (χ4v) is 10.5. The molecule has 0 fully saturated rings. The van der Waals surface area contributed by atoms with Gasteiger partial charge in [-0.3, -0.25) is 32.5 Å². The van der Waals surface area contributed by atoms with E-state index >= 15 is 0 Å². The monoisotopic (exact) mass is 1390 g/mol. The normalized spacial score (nSPS) is 15.1. The Kier molecular flexibility index (Phi) is 67.0. The first-order valence-corrected chi connectivity index (χ1v) is 39.4. The molecule has 0 aliphatic carbocycles. The number of aliphatic hydroxyl groups excluding tert-OH is 2. The number of carbonyl (C=O) groups excluding carboxylic acids is 3. The fourth-order valence-electron chi connectivity index (χ4n) is 8.92. The molecule has 4 N–H and O–H groups in total. The number of carbonyl (C=O) groups is 3. The van der Waals surface area contributed by atoms with Gasteiger partial charge in [0.25, 0.3) is 0 Å². The first-order valence-electron chi connectivity index (χ1n) is 36.4. The molecule has 0 spiro atoms. The van der Waals surface area contributed by atoms with E-state index in [4.69, 9.17) is 32.3 Å². The van der Waals surface area contributed by atoms with E-state index in [1.54, 1.807) is 0 Å². The van der Waals surface area contributed by atoms with Crippen LogP contribution in [-0.4, -0.2) is 95.9 Å². The van der Waals surface area contributed by atoms with Gasteiger partial charge in [0.2, 0.25) is 0 Å². The van der Waals surface area contributed by atoms with Crippen molar-refractivity contribution < 1.29 is 75.8 Å². The zero-order valence-corrected chi connectivity index (χ0v) is 61.5. The van der Waals surface area contributed by atoms with Crippen LogP contribution in [0.25, 0.3) is 0 Å². The Hall–Kier alpha value is -5.09. The molecule has 5 atom stereocenters. The quantitative estimate of drug-likeness (QED) is 0.0146. The van der Waals surface area contributed by atoms with E-state index in [1.165, 1.54) is 19.3 Å². The Morgan fingerprint density at radius 1 is 0.299 bits per heavy atom. The third kappa shape index (κ3) is 72.0. The van der Waals surface area contributed by atoms with Gasteiger partial charge in [0.15, 0.2) is 6.10 Å². The number of unbranched alkanes of at least 4 members (excludes halogenated alkanes) is 16. The predicted molar refractivity (Wildman–Crippen MR) is 398 cm³/mol. The third-order valence-electron chi connectivity index (χ3n) is 14.4. The number of phosphoric acid groups is 2. The number of rotatable bonds is 67. The lowest BCUT2D eigenvalue weighted by atomic mass is 10.1. The molecule has 5 unspecified atom stereocenters. The highest BCUT2D eigenvalue weighted by Crippen LogP contribution is 2.45. The van der Waals surface area contributed by atoms with E-state index in [-0.39, 0.29) is 19.3 Å². The first-order chi connectivity index (χ1) is 47.2. The zero-order chi connectivity index (χ0) is 70.9. The van der Waals surface area contributed by atoms with Gasteiger partial charge in [0, 0.05) is 19.3 Å². The van der Waals surface area contributed by atoms with E-state index in [1.807, 2.05) is 18.2 Å². The molecule has 97 heavy (non-hydrogen) atoms. The third-order valence-corrected chi connectivity index (χ3v) is 16.3. The van der Waals surface area contributed by atoms with Crippen LogP contribution in [0.2, 0.25) is 0 Å². The number of allylic oxidation sites excluding steroid dienone is 28. The first kappa shape index (κ1) is 91.9. The summed E-state index contributed by atoms with van der Waals surface area (Å²) in [6.45, 7) is 2.28. The predicted octanol–water partition coefficient (Wildman–Crippen LogP) is 20.9. The summed E-state index contributed by atoms with van der Waals surface area (Å²) in [5.41, 5.74) is 0. The van der Waals surface area contributed by atoms with Gasteiger partial charge in [-0.05, 0) is 141 Å². The molecular weight excluding hydrogens is 1270 g/mol. The van der Waals surface area contributed by atoms with Crippen molar-refractivity contribution in [2.75, 3.05) is 39.6 Å². The standard InChI is InChI=1S/C79H128O16P2/c1-4-7-10-13-16-19-22-25-28-31-34-35-36-37-40-42-44-47-50-53-56-59-62-65-77(82)89-68-74(80)69-91-96(85,86)92-70-75(81)71-93-97(87,88)94-73-76(95-79(84)67-64-61-58-55-52-49-46-43-39-33-30-27-24-21-18-15-12-9-6-3)72-90-78(83)66-63-60-57-54-51-48-45-41-38-32-29-26-23-20-17-14-11-8-5-2/h7-8,10-11,16-21,25-30,34-35,37-41,43,48,51,57,60,74-76,80-81H,4-6,9,12-15,22-24,31-33,36,42,44-47,49-50,52-56,58-59,61-73H2,1-3H3,(H,85,86)(H,87,88)/b10-7-,11-8-,19-16-,20-17-,21-18-,28-25-,29-26-,30-27-,35-34-,40-37-,41-38-,43-39-,51-48-,60-57-. The molecule has 0 aromatic heterocycles. The van der Waals surface area contributed by atoms with Crippen LogP contribution in [0.15, 0.2) is 170 Å². The van der Waals surface area contributed by atoms with Crippen molar-refractivity contribution >= 4 is 33.6 Å². The summed E-state index contributed by atoms with van der Waals surface area (Å²) in [6.07, 6.45) is 88.3. The largest absolute Gasteiger partial charge is 0.472 e. The van der Waals surface area contributed by atoms with Crippen molar-refractivity contribution in [2.45, 2.75) is 270 Å². The van der Waals surface area contributed by atoms with Gasteiger partial charge in [0.05, 0.1) is 26.4 Å². The molecule has 0 saturated heterocycles. The second kappa shape index (κ2) is 70.8. The molecule has 0 bridgehead atoms.